The van der Waals surface area contributed by atoms with Crippen LogP contribution in [-0.2, 0) is 0 Å². The van der Waals surface area contributed by atoms with Crippen LogP contribution in [0.3, 0.4) is 0 Å². The standard InChI is InChI=1S/C17H26N2/c1-4-6-12-19-13-15(17(18)10-7-11-17)8-9-16(19)14(3)5-2/h5,8-9,13H,2,4,6-7,10-12,18H2,1,3H3/b16-14-. The van der Waals surface area contributed by atoms with Crippen molar-refractivity contribution in [2.45, 2.75) is 51.5 Å². The molecule has 1 heterocycles. The van der Waals surface area contributed by atoms with E-state index in [1.807, 2.05) is 6.08 Å². The van der Waals surface area contributed by atoms with Gasteiger partial charge in [0, 0.05) is 24.0 Å². The van der Waals surface area contributed by atoms with Crippen LogP contribution in [0.1, 0.15) is 46.0 Å². The van der Waals surface area contributed by atoms with Crippen LogP contribution in [0, 0.1) is 0 Å². The molecule has 0 saturated heterocycles. The molecule has 2 aliphatic rings. The lowest BCUT2D eigenvalue weighted by molar-refractivity contribution is 0.296. The molecule has 104 valence electrons. The first-order valence-electron chi connectivity index (χ1n) is 7.40. The molecule has 2 N–H and O–H groups in total. The highest BCUT2D eigenvalue weighted by atomic mass is 15.1. The summed E-state index contributed by atoms with van der Waals surface area (Å²) < 4.78 is 0. The molecule has 19 heavy (non-hydrogen) atoms. The maximum absolute atomic E-state index is 6.44. The van der Waals surface area contributed by atoms with Gasteiger partial charge in [-0.3, -0.25) is 0 Å². The number of hydrogen-bond donors (Lipinski definition) is 1. The molecule has 0 aromatic rings. The Labute approximate surface area is 117 Å². The van der Waals surface area contributed by atoms with E-state index in [1.54, 1.807) is 0 Å². The van der Waals surface area contributed by atoms with Gasteiger partial charge in [-0.05, 0) is 49.8 Å². The minimum Gasteiger partial charge on any atom is -0.347 e. The van der Waals surface area contributed by atoms with E-state index in [-0.39, 0.29) is 5.54 Å². The lowest BCUT2D eigenvalue weighted by atomic mass is 9.72. The zero-order valence-electron chi connectivity index (χ0n) is 12.3. The van der Waals surface area contributed by atoms with Crippen LogP contribution >= 0.6 is 0 Å². The van der Waals surface area contributed by atoms with Gasteiger partial charge in [0.05, 0.1) is 0 Å². The quantitative estimate of drug-likeness (QED) is 0.810. The third-order valence-electron chi connectivity index (χ3n) is 4.31. The summed E-state index contributed by atoms with van der Waals surface area (Å²) in [6.45, 7) is 9.28. The van der Waals surface area contributed by atoms with Crippen LogP contribution < -0.4 is 5.73 Å². The van der Waals surface area contributed by atoms with E-state index in [4.69, 9.17) is 5.73 Å². The molecule has 0 aromatic heterocycles. The van der Waals surface area contributed by atoms with E-state index in [1.165, 1.54) is 36.1 Å². The predicted octanol–water partition coefficient (Wildman–Crippen LogP) is 3.88. The highest BCUT2D eigenvalue weighted by Gasteiger charge is 2.36. The first-order chi connectivity index (χ1) is 9.10. The van der Waals surface area contributed by atoms with E-state index in [9.17, 15) is 0 Å². The molecule has 0 aromatic carbocycles. The number of hydrogen-bond acceptors (Lipinski definition) is 2. The number of unbranched alkanes of at least 4 members (excludes halogenated alkanes) is 1. The van der Waals surface area contributed by atoms with Crippen LogP contribution in [0.4, 0.5) is 0 Å². The van der Waals surface area contributed by atoms with Crippen LogP contribution in [0.15, 0.2) is 47.9 Å². The van der Waals surface area contributed by atoms with Crippen molar-refractivity contribution in [3.8, 4) is 0 Å². The fraction of sp³-hybridized carbons (Fsp3) is 0.529. The topological polar surface area (TPSA) is 29.3 Å². The summed E-state index contributed by atoms with van der Waals surface area (Å²) in [6, 6.07) is 0. The van der Waals surface area contributed by atoms with Crippen molar-refractivity contribution in [2.24, 2.45) is 5.73 Å². The number of allylic oxidation sites excluding steroid dienone is 3. The molecule has 1 fully saturated rings. The van der Waals surface area contributed by atoms with Gasteiger partial charge in [0.15, 0.2) is 0 Å². The Balaban J connectivity index is 2.24. The maximum atomic E-state index is 6.44. The Hall–Kier alpha value is -1.28. The third-order valence-corrected chi connectivity index (χ3v) is 4.31. The molecule has 2 rings (SSSR count). The molecule has 1 saturated carbocycles. The van der Waals surface area contributed by atoms with Crippen LogP contribution in [0.2, 0.25) is 0 Å². The average Bonchev–Trinajstić information content (AvgIpc) is 2.41. The van der Waals surface area contributed by atoms with E-state index in [0.29, 0.717) is 0 Å². The molecule has 2 nitrogen and oxygen atoms in total. The van der Waals surface area contributed by atoms with E-state index in [2.05, 4.69) is 43.7 Å². The maximum Gasteiger partial charge on any atom is 0.0435 e. The number of nitrogens with zero attached hydrogens (tertiary/aromatic N) is 1. The average molecular weight is 258 g/mol. The summed E-state index contributed by atoms with van der Waals surface area (Å²) in [6.07, 6.45) is 14.5. The second-order valence-electron chi connectivity index (χ2n) is 5.75. The Morgan fingerprint density at radius 1 is 1.47 bits per heavy atom. The highest BCUT2D eigenvalue weighted by Crippen LogP contribution is 2.38. The Bertz CT molecular complexity index is 436. The van der Waals surface area contributed by atoms with Crippen LogP contribution in [-0.4, -0.2) is 17.0 Å². The minimum atomic E-state index is -0.0748. The molecule has 2 heteroatoms. The molecule has 0 atom stereocenters. The second kappa shape index (κ2) is 5.79. The molecular formula is C17H26N2. The normalized spacial score (nSPS) is 23.7. The summed E-state index contributed by atoms with van der Waals surface area (Å²) in [4.78, 5) is 2.35. The van der Waals surface area contributed by atoms with Gasteiger partial charge in [0.2, 0.25) is 0 Å². The van der Waals surface area contributed by atoms with Gasteiger partial charge in [0.25, 0.3) is 0 Å². The molecule has 0 spiro atoms. The highest BCUT2D eigenvalue weighted by molar-refractivity contribution is 5.44. The fourth-order valence-corrected chi connectivity index (χ4v) is 2.66. The van der Waals surface area contributed by atoms with E-state index >= 15 is 0 Å². The van der Waals surface area contributed by atoms with E-state index < -0.39 is 0 Å². The number of rotatable bonds is 5. The second-order valence-corrected chi connectivity index (χ2v) is 5.75. The molecule has 1 aliphatic carbocycles. The molecule has 1 aliphatic heterocycles. The van der Waals surface area contributed by atoms with Crippen molar-refractivity contribution in [1.82, 2.24) is 4.90 Å². The molecule has 0 bridgehead atoms. The summed E-state index contributed by atoms with van der Waals surface area (Å²) in [5, 5.41) is 0. The van der Waals surface area contributed by atoms with Gasteiger partial charge in [-0.15, -0.1) is 0 Å². The Morgan fingerprint density at radius 2 is 2.21 bits per heavy atom. The molecule has 0 amide bonds. The SMILES string of the molecule is C=C/C(C)=C1/C=CC(C2(N)CCC2)=CN1CCCC. The zero-order valence-corrected chi connectivity index (χ0v) is 12.3. The van der Waals surface area contributed by atoms with Gasteiger partial charge < -0.3 is 10.6 Å². The Kier molecular flexibility index (Phi) is 4.31. The first-order valence-corrected chi connectivity index (χ1v) is 7.40. The van der Waals surface area contributed by atoms with Crippen molar-refractivity contribution in [1.29, 1.82) is 0 Å². The fourth-order valence-electron chi connectivity index (χ4n) is 2.66. The summed E-state index contributed by atoms with van der Waals surface area (Å²) in [5.41, 5.74) is 10.1. The lowest BCUT2D eigenvalue weighted by Crippen LogP contribution is -2.48. The first kappa shape index (κ1) is 14.1. The van der Waals surface area contributed by atoms with Crippen molar-refractivity contribution in [2.75, 3.05) is 6.54 Å². The van der Waals surface area contributed by atoms with Crippen molar-refractivity contribution in [3.05, 3.63) is 47.9 Å². The smallest absolute Gasteiger partial charge is 0.0435 e. The molecule has 0 radical (unpaired) electrons. The molecular weight excluding hydrogens is 232 g/mol. The summed E-state index contributed by atoms with van der Waals surface area (Å²) in [7, 11) is 0. The molecule has 0 unspecified atom stereocenters. The van der Waals surface area contributed by atoms with Gasteiger partial charge in [0.1, 0.15) is 0 Å². The Morgan fingerprint density at radius 3 is 2.74 bits per heavy atom. The zero-order chi connectivity index (χ0) is 13.9. The lowest BCUT2D eigenvalue weighted by Gasteiger charge is -2.42. The minimum absolute atomic E-state index is 0.0748. The van der Waals surface area contributed by atoms with Crippen molar-refractivity contribution in [3.63, 3.8) is 0 Å². The van der Waals surface area contributed by atoms with E-state index in [0.717, 1.165) is 19.4 Å². The number of nitrogens with two attached hydrogens (primary N) is 1. The van der Waals surface area contributed by atoms with Gasteiger partial charge in [-0.2, -0.15) is 0 Å². The van der Waals surface area contributed by atoms with Crippen LogP contribution in [0.25, 0.3) is 0 Å². The van der Waals surface area contributed by atoms with Crippen molar-refractivity contribution < 1.29 is 0 Å². The third kappa shape index (κ3) is 2.84. The largest absolute Gasteiger partial charge is 0.347 e. The van der Waals surface area contributed by atoms with Gasteiger partial charge in [-0.25, -0.2) is 0 Å². The summed E-state index contributed by atoms with van der Waals surface area (Å²) >= 11 is 0. The van der Waals surface area contributed by atoms with Crippen LogP contribution in [0.5, 0.6) is 0 Å². The van der Waals surface area contributed by atoms with Gasteiger partial charge in [-0.1, -0.05) is 32.1 Å². The summed E-state index contributed by atoms with van der Waals surface area (Å²) in [5.74, 6) is 0. The van der Waals surface area contributed by atoms with Crippen molar-refractivity contribution >= 4 is 0 Å². The van der Waals surface area contributed by atoms with Gasteiger partial charge >= 0.3 is 0 Å². The predicted molar refractivity (Wildman–Crippen MR) is 82.5 cm³/mol. The monoisotopic (exact) mass is 258 g/mol.